The number of hydrogen-bond acceptors (Lipinski definition) is 3. The molecule has 0 saturated carbocycles. The third kappa shape index (κ3) is 5.31. The van der Waals surface area contributed by atoms with Gasteiger partial charge in [-0.05, 0) is 66.6 Å². The van der Waals surface area contributed by atoms with E-state index in [1.807, 2.05) is 60.7 Å². The van der Waals surface area contributed by atoms with Crippen LogP contribution in [-0.2, 0) is 12.2 Å². The van der Waals surface area contributed by atoms with E-state index in [0.717, 1.165) is 28.3 Å². The number of amides is 1. The molecule has 3 aromatic rings. The molecular formula is C23H22ClNO2S. The fourth-order valence-electron chi connectivity index (χ4n) is 2.75. The van der Waals surface area contributed by atoms with Gasteiger partial charge in [-0.25, -0.2) is 0 Å². The largest absolute Gasteiger partial charge is 0.496 e. The van der Waals surface area contributed by atoms with Gasteiger partial charge in [-0.2, -0.15) is 0 Å². The number of nitrogens with one attached hydrogen (secondary N) is 1. The van der Waals surface area contributed by atoms with E-state index in [1.54, 1.807) is 24.9 Å². The molecule has 0 unspecified atom stereocenters. The number of rotatable bonds is 7. The van der Waals surface area contributed by atoms with Crippen LogP contribution in [-0.4, -0.2) is 13.0 Å². The fraction of sp³-hybridized carbons (Fsp3) is 0.174. The van der Waals surface area contributed by atoms with Gasteiger partial charge in [0.15, 0.2) is 0 Å². The van der Waals surface area contributed by atoms with Crippen molar-refractivity contribution in [2.75, 3.05) is 12.4 Å². The molecule has 0 atom stereocenters. The lowest BCUT2D eigenvalue weighted by Gasteiger charge is -2.11. The van der Waals surface area contributed by atoms with Crippen LogP contribution in [0, 0.1) is 0 Å². The number of thioether (sulfide) groups is 1. The average Bonchev–Trinajstić information content (AvgIpc) is 2.73. The van der Waals surface area contributed by atoms with Crippen molar-refractivity contribution in [3.63, 3.8) is 0 Å². The maximum Gasteiger partial charge on any atom is 0.255 e. The maximum atomic E-state index is 12.7. The number of halogens is 1. The number of aryl methyl sites for hydroxylation is 1. The molecule has 0 aliphatic rings. The van der Waals surface area contributed by atoms with Gasteiger partial charge in [-0.3, -0.25) is 4.79 Å². The highest BCUT2D eigenvalue weighted by molar-refractivity contribution is 7.98. The van der Waals surface area contributed by atoms with E-state index in [4.69, 9.17) is 16.3 Å². The van der Waals surface area contributed by atoms with Gasteiger partial charge in [0, 0.05) is 32.5 Å². The molecule has 3 rings (SSSR count). The zero-order valence-corrected chi connectivity index (χ0v) is 17.4. The minimum absolute atomic E-state index is 0.135. The first-order valence-corrected chi connectivity index (χ1v) is 10.4. The summed E-state index contributed by atoms with van der Waals surface area (Å²) in [6.45, 7) is 2.11. The van der Waals surface area contributed by atoms with Gasteiger partial charge in [0.1, 0.15) is 5.75 Å². The van der Waals surface area contributed by atoms with Crippen molar-refractivity contribution >= 4 is 35.0 Å². The highest BCUT2D eigenvalue weighted by atomic mass is 35.5. The van der Waals surface area contributed by atoms with E-state index in [1.165, 1.54) is 5.56 Å². The lowest BCUT2D eigenvalue weighted by molar-refractivity contribution is 0.102. The smallest absolute Gasteiger partial charge is 0.255 e. The molecule has 144 valence electrons. The summed E-state index contributed by atoms with van der Waals surface area (Å²) in [4.78, 5) is 13.8. The average molecular weight is 412 g/mol. The first-order valence-electron chi connectivity index (χ1n) is 9.04. The summed E-state index contributed by atoms with van der Waals surface area (Å²) in [6.07, 6.45) is 0.974. The first-order chi connectivity index (χ1) is 13.6. The summed E-state index contributed by atoms with van der Waals surface area (Å²) in [7, 11) is 1.64. The Labute approximate surface area is 175 Å². The van der Waals surface area contributed by atoms with Crippen LogP contribution in [0.4, 0.5) is 5.69 Å². The summed E-state index contributed by atoms with van der Waals surface area (Å²) in [6, 6.07) is 21.1. The van der Waals surface area contributed by atoms with E-state index < -0.39 is 0 Å². The van der Waals surface area contributed by atoms with Gasteiger partial charge in [0.2, 0.25) is 0 Å². The Balaban J connectivity index is 1.73. The second-order valence-electron chi connectivity index (χ2n) is 6.27. The highest BCUT2D eigenvalue weighted by Crippen LogP contribution is 2.29. The van der Waals surface area contributed by atoms with E-state index in [9.17, 15) is 4.79 Å². The number of carbonyl (C=O) groups excluding carboxylic acids is 1. The number of carbonyl (C=O) groups is 1. The van der Waals surface area contributed by atoms with Crippen molar-refractivity contribution in [1.82, 2.24) is 0 Å². The fourth-order valence-corrected chi connectivity index (χ4v) is 3.75. The van der Waals surface area contributed by atoms with Crippen molar-refractivity contribution in [2.45, 2.75) is 24.0 Å². The lowest BCUT2D eigenvalue weighted by atomic mass is 10.1. The quantitative estimate of drug-likeness (QED) is 0.453. The molecule has 0 spiro atoms. The van der Waals surface area contributed by atoms with E-state index >= 15 is 0 Å². The molecule has 0 aliphatic carbocycles. The second kappa shape index (κ2) is 9.67. The van der Waals surface area contributed by atoms with Gasteiger partial charge < -0.3 is 10.1 Å². The van der Waals surface area contributed by atoms with Crippen LogP contribution in [0.15, 0.2) is 71.6 Å². The van der Waals surface area contributed by atoms with Gasteiger partial charge in [0.05, 0.1) is 7.11 Å². The molecule has 28 heavy (non-hydrogen) atoms. The molecule has 0 heterocycles. The monoisotopic (exact) mass is 411 g/mol. The number of anilines is 1. The number of methoxy groups -OCH3 is 1. The molecule has 0 bridgehead atoms. The topological polar surface area (TPSA) is 38.3 Å². The molecule has 5 heteroatoms. The van der Waals surface area contributed by atoms with Crippen molar-refractivity contribution in [1.29, 1.82) is 0 Å². The summed E-state index contributed by atoms with van der Waals surface area (Å²) >= 11 is 7.61. The van der Waals surface area contributed by atoms with Gasteiger partial charge in [-0.1, -0.05) is 30.7 Å². The van der Waals surface area contributed by atoms with E-state index in [0.29, 0.717) is 16.3 Å². The molecule has 0 saturated heterocycles. The highest BCUT2D eigenvalue weighted by Gasteiger charge is 2.11. The molecule has 1 amide bonds. The minimum atomic E-state index is -0.135. The molecule has 0 radical (unpaired) electrons. The summed E-state index contributed by atoms with van der Waals surface area (Å²) in [5.74, 6) is 1.33. The number of hydrogen-bond donors (Lipinski definition) is 1. The van der Waals surface area contributed by atoms with Crippen LogP contribution >= 0.6 is 23.4 Å². The van der Waals surface area contributed by atoms with Gasteiger partial charge >= 0.3 is 0 Å². The van der Waals surface area contributed by atoms with Crippen LogP contribution < -0.4 is 10.1 Å². The van der Waals surface area contributed by atoms with E-state index in [-0.39, 0.29) is 5.91 Å². The van der Waals surface area contributed by atoms with Crippen LogP contribution in [0.25, 0.3) is 0 Å². The molecule has 0 aromatic heterocycles. The summed E-state index contributed by atoms with van der Waals surface area (Å²) < 4.78 is 5.47. The maximum absolute atomic E-state index is 12.7. The molecule has 1 N–H and O–H groups in total. The molecule has 3 nitrogen and oxygen atoms in total. The predicted molar refractivity (Wildman–Crippen MR) is 118 cm³/mol. The zero-order chi connectivity index (χ0) is 19.9. The van der Waals surface area contributed by atoms with Crippen LogP contribution in [0.2, 0.25) is 5.02 Å². The van der Waals surface area contributed by atoms with Crippen molar-refractivity contribution in [3.8, 4) is 5.75 Å². The molecule has 3 aromatic carbocycles. The van der Waals surface area contributed by atoms with Crippen LogP contribution in [0.3, 0.4) is 0 Å². The number of ether oxygens (including phenoxy) is 1. The Bertz CT molecular complexity index is 940. The molecule has 0 fully saturated rings. The number of benzene rings is 3. The summed E-state index contributed by atoms with van der Waals surface area (Å²) in [5.41, 5.74) is 3.60. The first kappa shape index (κ1) is 20.3. The SMILES string of the molecule is CCc1ccc(NC(=O)c2ccc(OC)c(CSc3ccc(Cl)cc3)c2)cc1. The summed E-state index contributed by atoms with van der Waals surface area (Å²) in [5, 5.41) is 3.67. The predicted octanol–water partition coefficient (Wildman–Crippen LogP) is 6.46. The van der Waals surface area contributed by atoms with Crippen molar-refractivity contribution in [2.24, 2.45) is 0 Å². The Morgan fingerprint density at radius 3 is 2.39 bits per heavy atom. The third-order valence-electron chi connectivity index (χ3n) is 4.37. The van der Waals surface area contributed by atoms with Crippen LogP contribution in [0.1, 0.15) is 28.4 Å². The Morgan fingerprint density at radius 1 is 1.04 bits per heavy atom. The Hall–Kier alpha value is -2.43. The van der Waals surface area contributed by atoms with Gasteiger partial charge in [0.25, 0.3) is 5.91 Å². The van der Waals surface area contributed by atoms with Crippen molar-refractivity contribution in [3.05, 3.63) is 88.4 Å². The Morgan fingerprint density at radius 2 is 1.75 bits per heavy atom. The lowest BCUT2D eigenvalue weighted by Crippen LogP contribution is -2.12. The van der Waals surface area contributed by atoms with Crippen LogP contribution in [0.5, 0.6) is 5.75 Å². The molecule has 0 aliphatic heterocycles. The minimum Gasteiger partial charge on any atom is -0.496 e. The standard InChI is InChI=1S/C23H22ClNO2S/c1-3-16-4-9-20(10-5-16)25-23(26)17-6-13-22(27-2)18(14-17)15-28-21-11-7-19(24)8-12-21/h4-14H,3,15H2,1-2H3,(H,25,26). The van der Waals surface area contributed by atoms with Gasteiger partial charge in [-0.15, -0.1) is 11.8 Å². The Kier molecular flexibility index (Phi) is 7.01. The third-order valence-corrected chi connectivity index (χ3v) is 5.68. The van der Waals surface area contributed by atoms with E-state index in [2.05, 4.69) is 12.2 Å². The second-order valence-corrected chi connectivity index (χ2v) is 7.76. The molecular weight excluding hydrogens is 390 g/mol. The van der Waals surface area contributed by atoms with Crippen molar-refractivity contribution < 1.29 is 9.53 Å². The zero-order valence-electron chi connectivity index (χ0n) is 15.9. The normalized spacial score (nSPS) is 10.5.